The number of rotatable bonds is 4. The molecule has 0 aliphatic heterocycles. The van der Waals surface area contributed by atoms with Gasteiger partial charge in [-0.1, -0.05) is 25.4 Å². The molecule has 0 bridgehead atoms. The molecule has 0 heterocycles. The minimum atomic E-state index is -3.37. The fourth-order valence-corrected chi connectivity index (χ4v) is 2.02. The van der Waals surface area contributed by atoms with Crippen LogP contribution in [0.3, 0.4) is 0 Å². The average molecular weight is 291 g/mol. The Morgan fingerprint density at radius 2 is 1.94 bits per heavy atom. The molecular formula is C11H15ClN2O3S. The SMILES string of the molecule is CC(C)C(=O)Nc1ccc(NS(C)(=O)=O)c(Cl)c1. The second kappa shape index (κ2) is 5.58. The van der Waals surface area contributed by atoms with E-state index in [0.29, 0.717) is 5.69 Å². The lowest BCUT2D eigenvalue weighted by Gasteiger charge is -2.10. The van der Waals surface area contributed by atoms with Crippen LogP contribution in [0.25, 0.3) is 0 Å². The van der Waals surface area contributed by atoms with Crippen LogP contribution < -0.4 is 10.0 Å². The van der Waals surface area contributed by atoms with E-state index in [-0.39, 0.29) is 22.5 Å². The van der Waals surface area contributed by atoms with Crippen LogP contribution in [0.4, 0.5) is 11.4 Å². The second-order valence-electron chi connectivity index (χ2n) is 4.21. The minimum Gasteiger partial charge on any atom is -0.326 e. The summed E-state index contributed by atoms with van der Waals surface area (Å²) in [5, 5.41) is 2.90. The van der Waals surface area contributed by atoms with Gasteiger partial charge < -0.3 is 5.32 Å². The molecule has 1 aromatic carbocycles. The van der Waals surface area contributed by atoms with Gasteiger partial charge in [-0.15, -0.1) is 0 Å². The first-order valence-corrected chi connectivity index (χ1v) is 7.54. The maximum Gasteiger partial charge on any atom is 0.229 e. The monoisotopic (exact) mass is 290 g/mol. The van der Waals surface area contributed by atoms with Crippen LogP contribution in [0.5, 0.6) is 0 Å². The number of hydrogen-bond acceptors (Lipinski definition) is 3. The Kier molecular flexibility index (Phi) is 4.59. The largest absolute Gasteiger partial charge is 0.326 e. The number of halogens is 1. The van der Waals surface area contributed by atoms with Gasteiger partial charge in [-0.3, -0.25) is 9.52 Å². The summed E-state index contributed by atoms with van der Waals surface area (Å²) in [4.78, 5) is 11.5. The van der Waals surface area contributed by atoms with Gasteiger partial charge in [0.05, 0.1) is 17.0 Å². The maximum absolute atomic E-state index is 11.5. The maximum atomic E-state index is 11.5. The molecular weight excluding hydrogens is 276 g/mol. The first kappa shape index (κ1) is 14.8. The van der Waals surface area contributed by atoms with E-state index in [1.165, 1.54) is 12.1 Å². The molecule has 1 amide bonds. The number of benzene rings is 1. The van der Waals surface area contributed by atoms with Crippen LogP contribution >= 0.6 is 11.6 Å². The summed E-state index contributed by atoms with van der Waals surface area (Å²) in [5.41, 5.74) is 0.805. The van der Waals surface area contributed by atoms with Gasteiger partial charge in [-0.2, -0.15) is 0 Å². The summed E-state index contributed by atoms with van der Waals surface area (Å²) in [6.07, 6.45) is 1.04. The molecule has 0 aliphatic carbocycles. The molecule has 100 valence electrons. The molecule has 0 spiro atoms. The van der Waals surface area contributed by atoms with E-state index in [0.717, 1.165) is 6.26 Å². The van der Waals surface area contributed by atoms with Gasteiger partial charge in [0.2, 0.25) is 15.9 Å². The van der Waals surface area contributed by atoms with Crippen LogP contribution in [0.1, 0.15) is 13.8 Å². The van der Waals surface area contributed by atoms with E-state index in [1.54, 1.807) is 19.9 Å². The van der Waals surface area contributed by atoms with Crippen molar-refractivity contribution in [1.82, 2.24) is 0 Å². The van der Waals surface area contributed by atoms with Gasteiger partial charge in [0.25, 0.3) is 0 Å². The Bertz CT molecular complexity index is 555. The van der Waals surface area contributed by atoms with Crippen molar-refractivity contribution in [2.45, 2.75) is 13.8 Å². The Morgan fingerprint density at radius 3 is 2.39 bits per heavy atom. The topological polar surface area (TPSA) is 75.3 Å². The van der Waals surface area contributed by atoms with Crippen molar-refractivity contribution in [2.75, 3.05) is 16.3 Å². The molecule has 0 atom stereocenters. The average Bonchev–Trinajstić information content (AvgIpc) is 2.20. The van der Waals surface area contributed by atoms with E-state index in [1.807, 2.05) is 0 Å². The lowest BCUT2D eigenvalue weighted by Crippen LogP contribution is -2.17. The smallest absolute Gasteiger partial charge is 0.229 e. The standard InChI is InChI=1S/C11H15ClN2O3S/c1-7(2)11(15)13-8-4-5-10(9(12)6-8)14-18(3,16)17/h4-7,14H,1-3H3,(H,13,15). The number of carbonyl (C=O) groups excluding carboxylic acids is 1. The van der Waals surface area contributed by atoms with Crippen LogP contribution in [0.2, 0.25) is 5.02 Å². The number of sulfonamides is 1. The molecule has 0 unspecified atom stereocenters. The van der Waals surface area contributed by atoms with Crippen LogP contribution in [-0.2, 0) is 14.8 Å². The molecule has 7 heteroatoms. The van der Waals surface area contributed by atoms with E-state index < -0.39 is 10.0 Å². The van der Waals surface area contributed by atoms with Crippen molar-refractivity contribution < 1.29 is 13.2 Å². The van der Waals surface area contributed by atoms with Gasteiger partial charge in [0, 0.05) is 11.6 Å². The molecule has 5 nitrogen and oxygen atoms in total. The van der Waals surface area contributed by atoms with E-state index in [4.69, 9.17) is 11.6 Å². The van der Waals surface area contributed by atoms with E-state index >= 15 is 0 Å². The first-order chi connectivity index (χ1) is 8.19. The minimum absolute atomic E-state index is 0.130. The molecule has 0 saturated carbocycles. The molecule has 0 saturated heterocycles. The van der Waals surface area contributed by atoms with Crippen molar-refractivity contribution in [3.8, 4) is 0 Å². The molecule has 18 heavy (non-hydrogen) atoms. The second-order valence-corrected chi connectivity index (χ2v) is 6.37. The Morgan fingerprint density at radius 1 is 1.33 bits per heavy atom. The molecule has 0 aliphatic rings. The number of carbonyl (C=O) groups is 1. The quantitative estimate of drug-likeness (QED) is 0.893. The number of nitrogens with one attached hydrogen (secondary N) is 2. The van der Waals surface area contributed by atoms with Crippen LogP contribution in [0.15, 0.2) is 18.2 Å². The Hall–Kier alpha value is -1.27. The van der Waals surface area contributed by atoms with Gasteiger partial charge in [-0.05, 0) is 18.2 Å². The highest BCUT2D eigenvalue weighted by Crippen LogP contribution is 2.26. The highest BCUT2D eigenvalue weighted by Gasteiger charge is 2.10. The van der Waals surface area contributed by atoms with Crippen molar-refractivity contribution in [1.29, 1.82) is 0 Å². The third kappa shape index (κ3) is 4.54. The van der Waals surface area contributed by atoms with Crippen LogP contribution in [-0.4, -0.2) is 20.6 Å². The highest BCUT2D eigenvalue weighted by atomic mass is 35.5. The fraction of sp³-hybridized carbons (Fsp3) is 0.364. The highest BCUT2D eigenvalue weighted by molar-refractivity contribution is 7.92. The lowest BCUT2D eigenvalue weighted by atomic mass is 10.2. The van der Waals surface area contributed by atoms with Crippen molar-refractivity contribution in [3.63, 3.8) is 0 Å². The molecule has 1 rings (SSSR count). The number of amides is 1. The third-order valence-electron chi connectivity index (χ3n) is 2.06. The zero-order valence-electron chi connectivity index (χ0n) is 10.3. The summed E-state index contributed by atoms with van der Waals surface area (Å²) in [6.45, 7) is 3.55. The summed E-state index contributed by atoms with van der Waals surface area (Å²) in [6, 6.07) is 4.58. The molecule has 0 fully saturated rings. The van der Waals surface area contributed by atoms with Gasteiger partial charge in [0.15, 0.2) is 0 Å². The van der Waals surface area contributed by atoms with Crippen molar-refractivity contribution >= 4 is 38.9 Å². The molecule has 1 aromatic rings. The first-order valence-electron chi connectivity index (χ1n) is 5.27. The summed E-state index contributed by atoms with van der Waals surface area (Å²) in [7, 11) is -3.37. The Balaban J connectivity index is 2.89. The van der Waals surface area contributed by atoms with Crippen molar-refractivity contribution in [2.24, 2.45) is 5.92 Å². The van der Waals surface area contributed by atoms with Crippen LogP contribution in [0, 0.1) is 5.92 Å². The predicted molar refractivity (Wildman–Crippen MR) is 73.4 cm³/mol. The zero-order chi connectivity index (χ0) is 13.9. The van der Waals surface area contributed by atoms with Gasteiger partial charge >= 0.3 is 0 Å². The van der Waals surface area contributed by atoms with E-state index in [2.05, 4.69) is 10.0 Å². The molecule has 0 aromatic heterocycles. The summed E-state index contributed by atoms with van der Waals surface area (Å²) in [5.74, 6) is -0.271. The normalized spacial score (nSPS) is 11.4. The molecule has 0 radical (unpaired) electrons. The summed E-state index contributed by atoms with van der Waals surface area (Å²) >= 11 is 5.92. The summed E-state index contributed by atoms with van der Waals surface area (Å²) < 4.78 is 24.4. The Labute approximate surface area is 112 Å². The lowest BCUT2D eigenvalue weighted by molar-refractivity contribution is -0.118. The fourth-order valence-electron chi connectivity index (χ4n) is 1.16. The molecule has 2 N–H and O–H groups in total. The third-order valence-corrected chi connectivity index (χ3v) is 2.96. The zero-order valence-corrected chi connectivity index (χ0v) is 11.9. The van der Waals surface area contributed by atoms with Crippen molar-refractivity contribution in [3.05, 3.63) is 23.2 Å². The predicted octanol–water partition coefficient (Wildman–Crippen LogP) is 2.31. The van der Waals surface area contributed by atoms with Gasteiger partial charge in [-0.25, -0.2) is 8.42 Å². The number of anilines is 2. The van der Waals surface area contributed by atoms with E-state index in [9.17, 15) is 13.2 Å². The van der Waals surface area contributed by atoms with Gasteiger partial charge in [0.1, 0.15) is 0 Å². The number of hydrogen-bond donors (Lipinski definition) is 2.